The number of esters is 1. The van der Waals surface area contributed by atoms with E-state index in [4.69, 9.17) is 9.15 Å². The number of ether oxygens (including phenoxy) is 1. The number of carbonyl (C=O) groups excluding carboxylic acids is 2. The van der Waals surface area contributed by atoms with E-state index in [0.717, 1.165) is 5.56 Å². The Balaban J connectivity index is 2.28. The third-order valence-corrected chi connectivity index (χ3v) is 3.41. The van der Waals surface area contributed by atoms with Crippen molar-refractivity contribution in [3.05, 3.63) is 53.2 Å². The molecule has 0 bridgehead atoms. The van der Waals surface area contributed by atoms with Gasteiger partial charge in [0.15, 0.2) is 12.2 Å². The summed E-state index contributed by atoms with van der Waals surface area (Å²) in [4.78, 5) is 28.4. The molecule has 0 aliphatic carbocycles. The predicted molar refractivity (Wildman–Crippen MR) is 93.2 cm³/mol. The summed E-state index contributed by atoms with van der Waals surface area (Å²) >= 11 is 0. The van der Waals surface area contributed by atoms with E-state index in [1.165, 1.54) is 6.39 Å². The van der Waals surface area contributed by atoms with Crippen LogP contribution < -0.4 is 0 Å². The number of benzene rings is 1. The summed E-state index contributed by atoms with van der Waals surface area (Å²) in [6.45, 7) is 8.89. The first-order chi connectivity index (χ1) is 11.7. The van der Waals surface area contributed by atoms with Crippen molar-refractivity contribution in [2.75, 3.05) is 0 Å². The number of aryl methyl sites for hydroxylation is 1. The molecular weight excluding hydrogens is 318 g/mol. The molecule has 1 unspecified atom stereocenters. The molecule has 0 radical (unpaired) electrons. The average molecular weight is 339 g/mol. The lowest BCUT2D eigenvalue weighted by Gasteiger charge is -2.17. The first kappa shape index (κ1) is 18.5. The van der Waals surface area contributed by atoms with Crippen molar-refractivity contribution in [3.8, 4) is 11.8 Å². The van der Waals surface area contributed by atoms with Gasteiger partial charge in [0.1, 0.15) is 5.60 Å². The molecule has 0 saturated heterocycles. The average Bonchev–Trinajstić information content (AvgIpc) is 2.96. The molecule has 0 fully saturated rings. The summed E-state index contributed by atoms with van der Waals surface area (Å²) in [5.74, 6) is 4.39. The molecule has 1 atom stereocenters. The van der Waals surface area contributed by atoms with Crippen LogP contribution >= 0.6 is 0 Å². The fraction of sp³-hybridized carbons (Fsp3) is 0.350. The molecule has 0 N–H and O–H groups in total. The lowest BCUT2D eigenvalue weighted by molar-refractivity contribution is -0.147. The van der Waals surface area contributed by atoms with E-state index in [1.54, 1.807) is 39.8 Å². The highest BCUT2D eigenvalue weighted by Crippen LogP contribution is 2.23. The number of hydrogen-bond acceptors (Lipinski definition) is 5. The first-order valence-electron chi connectivity index (χ1n) is 7.97. The molecule has 0 aliphatic rings. The maximum atomic E-state index is 12.7. The van der Waals surface area contributed by atoms with Gasteiger partial charge in [-0.3, -0.25) is 4.79 Å². The Kier molecular flexibility index (Phi) is 5.43. The number of carbonyl (C=O) groups is 2. The van der Waals surface area contributed by atoms with E-state index in [2.05, 4.69) is 16.8 Å². The van der Waals surface area contributed by atoms with Gasteiger partial charge in [0.05, 0.1) is 5.69 Å². The molecular formula is C20H21NO4. The van der Waals surface area contributed by atoms with E-state index < -0.39 is 11.6 Å². The second kappa shape index (κ2) is 7.35. The standard InChI is InChI=1S/C20H21NO4/c1-13(10-11-17(22)25-20(3,4)5)15-8-6-7-9-16(15)18(23)19-14(2)21-12-24-19/h6-9,12-13H,1-5H3. The van der Waals surface area contributed by atoms with Gasteiger partial charge in [0, 0.05) is 17.4 Å². The van der Waals surface area contributed by atoms with Crippen molar-refractivity contribution < 1.29 is 18.7 Å². The highest BCUT2D eigenvalue weighted by Gasteiger charge is 2.21. The van der Waals surface area contributed by atoms with Crippen LogP contribution in [0.4, 0.5) is 0 Å². The summed E-state index contributed by atoms with van der Waals surface area (Å²) in [7, 11) is 0. The van der Waals surface area contributed by atoms with Gasteiger partial charge in [-0.25, -0.2) is 9.78 Å². The number of hydrogen-bond donors (Lipinski definition) is 0. The number of oxazole rings is 1. The normalized spacial score (nSPS) is 12.0. The number of ketones is 1. The van der Waals surface area contributed by atoms with E-state index in [9.17, 15) is 9.59 Å². The quantitative estimate of drug-likeness (QED) is 0.369. The highest BCUT2D eigenvalue weighted by atomic mass is 16.6. The molecule has 2 aromatic rings. The third kappa shape index (κ3) is 4.80. The Bertz CT molecular complexity index is 846. The first-order valence-corrected chi connectivity index (χ1v) is 7.97. The second-order valence-electron chi connectivity index (χ2n) is 6.68. The van der Waals surface area contributed by atoms with Gasteiger partial charge in [-0.1, -0.05) is 30.2 Å². The second-order valence-corrected chi connectivity index (χ2v) is 6.68. The van der Waals surface area contributed by atoms with Crippen LogP contribution in [0.1, 0.15) is 61.0 Å². The molecule has 0 spiro atoms. The summed E-state index contributed by atoms with van der Waals surface area (Å²) in [5, 5.41) is 0. The Hall–Kier alpha value is -2.87. The summed E-state index contributed by atoms with van der Waals surface area (Å²) in [6, 6.07) is 7.13. The minimum atomic E-state index is -0.591. The number of nitrogens with zero attached hydrogens (tertiary/aromatic N) is 1. The van der Waals surface area contributed by atoms with Gasteiger partial charge >= 0.3 is 5.97 Å². The maximum Gasteiger partial charge on any atom is 0.384 e. The molecule has 5 heteroatoms. The smallest absolute Gasteiger partial charge is 0.384 e. The van der Waals surface area contributed by atoms with Crippen LogP contribution in [0.25, 0.3) is 0 Å². The van der Waals surface area contributed by atoms with Crippen molar-refractivity contribution in [1.82, 2.24) is 4.98 Å². The minimum Gasteiger partial charge on any atom is -0.450 e. The summed E-state index contributed by atoms with van der Waals surface area (Å²) in [5.41, 5.74) is 1.15. The minimum absolute atomic E-state index is 0.208. The molecule has 0 saturated carbocycles. The van der Waals surface area contributed by atoms with Crippen LogP contribution in [0, 0.1) is 18.8 Å². The molecule has 1 aromatic carbocycles. The maximum absolute atomic E-state index is 12.7. The van der Waals surface area contributed by atoms with Gasteiger partial charge in [0.2, 0.25) is 5.78 Å². The van der Waals surface area contributed by atoms with Gasteiger partial charge in [-0.15, -0.1) is 0 Å². The van der Waals surface area contributed by atoms with Crippen molar-refractivity contribution in [2.24, 2.45) is 0 Å². The van der Waals surface area contributed by atoms with Crippen LogP contribution in [0.5, 0.6) is 0 Å². The van der Waals surface area contributed by atoms with Crippen LogP contribution in [0.3, 0.4) is 0 Å². The third-order valence-electron chi connectivity index (χ3n) is 3.41. The molecule has 0 amide bonds. The zero-order valence-corrected chi connectivity index (χ0v) is 15.0. The molecule has 1 aromatic heterocycles. The van der Waals surface area contributed by atoms with Crippen molar-refractivity contribution in [1.29, 1.82) is 0 Å². The van der Waals surface area contributed by atoms with Crippen molar-refractivity contribution in [3.63, 3.8) is 0 Å². The van der Waals surface area contributed by atoms with Crippen molar-refractivity contribution in [2.45, 2.75) is 46.1 Å². The van der Waals surface area contributed by atoms with Gasteiger partial charge in [-0.05, 0) is 40.2 Å². The SMILES string of the molecule is Cc1ncoc1C(=O)c1ccccc1C(C)C#CC(=O)OC(C)(C)C. The topological polar surface area (TPSA) is 69.4 Å². The molecule has 5 nitrogen and oxygen atoms in total. The molecule has 130 valence electrons. The van der Waals surface area contributed by atoms with E-state index >= 15 is 0 Å². The summed E-state index contributed by atoms with van der Waals surface area (Å²) < 4.78 is 10.4. The fourth-order valence-corrected chi connectivity index (χ4v) is 2.27. The van der Waals surface area contributed by atoms with E-state index in [0.29, 0.717) is 11.3 Å². The zero-order chi connectivity index (χ0) is 18.6. The molecule has 25 heavy (non-hydrogen) atoms. The van der Waals surface area contributed by atoms with Crippen molar-refractivity contribution >= 4 is 11.8 Å². The highest BCUT2D eigenvalue weighted by molar-refractivity contribution is 6.08. The van der Waals surface area contributed by atoms with E-state index in [-0.39, 0.29) is 17.5 Å². The molecule has 0 aliphatic heterocycles. The number of aromatic nitrogens is 1. The fourth-order valence-electron chi connectivity index (χ4n) is 2.27. The largest absolute Gasteiger partial charge is 0.450 e. The van der Waals surface area contributed by atoms with Gasteiger partial charge < -0.3 is 9.15 Å². The molecule has 1 heterocycles. The van der Waals surface area contributed by atoms with Crippen LogP contribution in [0.2, 0.25) is 0 Å². The summed E-state index contributed by atoms with van der Waals surface area (Å²) in [6.07, 6.45) is 1.25. The Labute approximate surface area is 147 Å². The van der Waals surface area contributed by atoms with Crippen LogP contribution in [0.15, 0.2) is 35.1 Å². The lowest BCUT2D eigenvalue weighted by atomic mass is 9.93. The lowest BCUT2D eigenvalue weighted by Crippen LogP contribution is -2.22. The van der Waals surface area contributed by atoms with Crippen LogP contribution in [-0.2, 0) is 9.53 Å². The van der Waals surface area contributed by atoms with Gasteiger partial charge in [0.25, 0.3) is 0 Å². The van der Waals surface area contributed by atoms with Gasteiger partial charge in [-0.2, -0.15) is 0 Å². The monoisotopic (exact) mass is 339 g/mol. The zero-order valence-electron chi connectivity index (χ0n) is 15.0. The predicted octanol–water partition coefficient (Wildman–Crippen LogP) is 3.66. The Morgan fingerprint density at radius 2 is 1.92 bits per heavy atom. The Morgan fingerprint density at radius 3 is 2.52 bits per heavy atom. The Morgan fingerprint density at radius 1 is 1.24 bits per heavy atom. The molecule has 2 rings (SSSR count). The van der Waals surface area contributed by atoms with E-state index in [1.807, 2.05) is 19.1 Å². The number of rotatable bonds is 3. The van der Waals surface area contributed by atoms with Crippen LogP contribution in [-0.4, -0.2) is 22.3 Å².